The summed E-state index contributed by atoms with van der Waals surface area (Å²) in [6.45, 7) is 0. The van der Waals surface area contributed by atoms with Gasteiger partial charge in [0.15, 0.2) is 0 Å². The van der Waals surface area contributed by atoms with E-state index in [-0.39, 0.29) is 0 Å². The van der Waals surface area contributed by atoms with Gasteiger partial charge in [0, 0.05) is 39.0 Å². The van der Waals surface area contributed by atoms with Crippen LogP contribution in [0.5, 0.6) is 0 Å². The Balaban J connectivity index is 1.76. The number of fused-ring (bicyclic) bond motifs is 2. The summed E-state index contributed by atoms with van der Waals surface area (Å²) in [6, 6.07) is 16.3. The first-order chi connectivity index (χ1) is 12.6. The van der Waals surface area contributed by atoms with Gasteiger partial charge in [-0.2, -0.15) is 0 Å². The van der Waals surface area contributed by atoms with E-state index in [2.05, 4.69) is 12.1 Å². The summed E-state index contributed by atoms with van der Waals surface area (Å²) in [6.07, 6.45) is 0. The summed E-state index contributed by atoms with van der Waals surface area (Å²) in [7, 11) is 11.4. The zero-order valence-electron chi connectivity index (χ0n) is 15.1. The molecule has 4 nitrogen and oxygen atoms in total. The van der Waals surface area contributed by atoms with E-state index in [0.29, 0.717) is 0 Å². The van der Waals surface area contributed by atoms with Gasteiger partial charge in [-0.25, -0.2) is 0 Å². The van der Waals surface area contributed by atoms with Gasteiger partial charge in [-0.15, -0.1) is 0 Å². The van der Waals surface area contributed by atoms with Crippen molar-refractivity contribution in [2.75, 3.05) is 38.0 Å². The van der Waals surface area contributed by atoms with E-state index in [0.717, 1.165) is 43.5 Å². The monoisotopic (exact) mass is 384 g/mol. The molecule has 4 aromatic rings. The van der Waals surface area contributed by atoms with Crippen LogP contribution in [0.1, 0.15) is 0 Å². The Morgan fingerprint density at radius 1 is 0.615 bits per heavy atom. The predicted molar refractivity (Wildman–Crippen MR) is 113 cm³/mol. The van der Waals surface area contributed by atoms with Crippen LogP contribution in [0.15, 0.2) is 67.2 Å². The number of para-hydroxylation sites is 2. The van der Waals surface area contributed by atoms with Gasteiger partial charge in [0.25, 0.3) is 0 Å². The van der Waals surface area contributed by atoms with Crippen molar-refractivity contribution >= 4 is 55.3 Å². The van der Waals surface area contributed by atoms with Gasteiger partial charge >= 0.3 is 0 Å². The van der Waals surface area contributed by atoms with E-state index in [4.69, 9.17) is 8.83 Å². The molecule has 2 heterocycles. The topological polar surface area (TPSA) is 32.8 Å². The molecule has 0 saturated carbocycles. The highest BCUT2D eigenvalue weighted by Gasteiger charge is 2.21. The minimum atomic E-state index is 0.878. The van der Waals surface area contributed by atoms with E-state index in [9.17, 15) is 0 Å². The highest BCUT2D eigenvalue weighted by atomic mass is 33.1. The Morgan fingerprint density at radius 3 is 1.38 bits per heavy atom. The Hall–Kier alpha value is -2.18. The summed E-state index contributed by atoms with van der Waals surface area (Å²) < 4.78 is 12.1. The molecular formula is C20H20N2O2S2. The summed E-state index contributed by atoms with van der Waals surface area (Å²) >= 11 is 0. The second-order valence-electron chi connectivity index (χ2n) is 6.42. The molecule has 2 aromatic heterocycles. The average molecular weight is 385 g/mol. The molecule has 0 aliphatic carbocycles. The first kappa shape index (κ1) is 17.2. The molecule has 2 aromatic carbocycles. The van der Waals surface area contributed by atoms with Gasteiger partial charge in [0.05, 0.1) is 9.79 Å². The van der Waals surface area contributed by atoms with Crippen LogP contribution >= 0.6 is 21.6 Å². The van der Waals surface area contributed by atoms with Crippen LogP contribution in [0.4, 0.5) is 11.8 Å². The summed E-state index contributed by atoms with van der Waals surface area (Å²) in [5, 5.41) is 2.26. The Bertz CT molecular complexity index is 980. The number of furan rings is 2. The van der Waals surface area contributed by atoms with Crippen LogP contribution in [-0.4, -0.2) is 28.2 Å². The van der Waals surface area contributed by atoms with E-state index >= 15 is 0 Å². The maximum Gasteiger partial charge on any atom is 0.210 e. The van der Waals surface area contributed by atoms with Crippen LogP contribution in [0.2, 0.25) is 0 Å². The van der Waals surface area contributed by atoms with Gasteiger partial charge in [0.2, 0.25) is 11.8 Å². The molecule has 0 radical (unpaired) electrons. The lowest BCUT2D eigenvalue weighted by Crippen LogP contribution is -2.08. The SMILES string of the molecule is CN(C)c1oc2ccccc2c1SSc1c(N(C)C)oc2ccccc12. The van der Waals surface area contributed by atoms with Crippen molar-refractivity contribution in [3.63, 3.8) is 0 Å². The fourth-order valence-corrected chi connectivity index (χ4v) is 5.59. The van der Waals surface area contributed by atoms with Gasteiger partial charge in [0.1, 0.15) is 11.2 Å². The van der Waals surface area contributed by atoms with E-state index in [1.807, 2.05) is 74.4 Å². The molecule has 0 amide bonds. The Labute approximate surface area is 160 Å². The van der Waals surface area contributed by atoms with Crippen molar-refractivity contribution in [1.29, 1.82) is 0 Å². The largest absolute Gasteiger partial charge is 0.439 e. The van der Waals surface area contributed by atoms with Gasteiger partial charge in [-0.1, -0.05) is 24.3 Å². The van der Waals surface area contributed by atoms with Gasteiger partial charge < -0.3 is 18.6 Å². The molecule has 0 unspecified atom stereocenters. The summed E-state index contributed by atoms with van der Waals surface area (Å²) in [5.41, 5.74) is 1.81. The molecule has 0 N–H and O–H groups in total. The van der Waals surface area contributed by atoms with Crippen molar-refractivity contribution in [3.8, 4) is 0 Å². The maximum absolute atomic E-state index is 6.05. The molecule has 134 valence electrons. The fraction of sp³-hybridized carbons (Fsp3) is 0.200. The molecule has 0 fully saturated rings. The number of nitrogens with zero attached hydrogens (tertiary/aromatic N) is 2. The smallest absolute Gasteiger partial charge is 0.210 e. The van der Waals surface area contributed by atoms with Crippen molar-refractivity contribution in [1.82, 2.24) is 0 Å². The standard InChI is InChI=1S/C20H20N2O2S2/c1-21(2)19-17(13-9-5-7-11-15(13)23-19)25-26-18-14-10-6-8-12-16(14)24-20(18)22(3)4/h5-12H,1-4H3. The highest BCUT2D eigenvalue weighted by molar-refractivity contribution is 8.76. The normalized spacial score (nSPS) is 11.4. The Morgan fingerprint density at radius 2 is 1.00 bits per heavy atom. The highest BCUT2D eigenvalue weighted by Crippen LogP contribution is 2.51. The molecule has 0 saturated heterocycles. The zero-order valence-corrected chi connectivity index (χ0v) is 16.8. The third kappa shape index (κ3) is 2.93. The molecule has 0 aliphatic rings. The lowest BCUT2D eigenvalue weighted by molar-refractivity contribution is 0.602. The first-order valence-electron chi connectivity index (χ1n) is 8.28. The average Bonchev–Trinajstić information content (AvgIpc) is 3.18. The second-order valence-corrected chi connectivity index (χ2v) is 8.57. The molecule has 4 rings (SSSR count). The van der Waals surface area contributed by atoms with Crippen LogP contribution in [0, 0.1) is 0 Å². The van der Waals surface area contributed by atoms with Crippen LogP contribution in [-0.2, 0) is 0 Å². The molecular weight excluding hydrogens is 364 g/mol. The lowest BCUT2D eigenvalue weighted by Gasteiger charge is -2.12. The number of anilines is 2. The Kier molecular flexibility index (Phi) is 4.54. The third-order valence-electron chi connectivity index (χ3n) is 4.09. The van der Waals surface area contributed by atoms with E-state index in [1.165, 1.54) is 0 Å². The lowest BCUT2D eigenvalue weighted by atomic mass is 10.2. The van der Waals surface area contributed by atoms with Crippen LogP contribution < -0.4 is 9.80 Å². The second kappa shape index (κ2) is 6.85. The quantitative estimate of drug-likeness (QED) is 0.386. The minimum absolute atomic E-state index is 0.878. The van der Waals surface area contributed by atoms with Crippen LogP contribution in [0.25, 0.3) is 21.9 Å². The molecule has 0 aliphatic heterocycles. The number of rotatable bonds is 5. The van der Waals surface area contributed by atoms with E-state index < -0.39 is 0 Å². The van der Waals surface area contributed by atoms with Crippen molar-refractivity contribution < 1.29 is 8.83 Å². The van der Waals surface area contributed by atoms with Gasteiger partial charge in [-0.3, -0.25) is 0 Å². The third-order valence-corrected chi connectivity index (χ3v) is 6.54. The predicted octanol–water partition coefficient (Wildman–Crippen LogP) is 6.11. The number of benzene rings is 2. The molecule has 0 atom stereocenters. The van der Waals surface area contributed by atoms with Crippen LogP contribution in [0.3, 0.4) is 0 Å². The maximum atomic E-state index is 6.05. The number of hydrogen-bond donors (Lipinski definition) is 0. The molecule has 6 heteroatoms. The zero-order chi connectivity index (χ0) is 18.3. The molecule has 0 spiro atoms. The first-order valence-corrected chi connectivity index (χ1v) is 10.4. The van der Waals surface area contributed by atoms with Crippen molar-refractivity contribution in [2.24, 2.45) is 0 Å². The van der Waals surface area contributed by atoms with E-state index in [1.54, 1.807) is 21.6 Å². The summed E-state index contributed by atoms with van der Waals surface area (Å²) in [5.74, 6) is 1.76. The fourth-order valence-electron chi connectivity index (χ4n) is 2.85. The number of hydrogen-bond acceptors (Lipinski definition) is 6. The van der Waals surface area contributed by atoms with Crippen molar-refractivity contribution in [2.45, 2.75) is 9.79 Å². The molecule has 0 bridgehead atoms. The van der Waals surface area contributed by atoms with Gasteiger partial charge in [-0.05, 0) is 45.9 Å². The van der Waals surface area contributed by atoms with Crippen molar-refractivity contribution in [3.05, 3.63) is 48.5 Å². The molecule has 26 heavy (non-hydrogen) atoms. The minimum Gasteiger partial charge on any atom is -0.439 e. The summed E-state index contributed by atoms with van der Waals surface area (Å²) in [4.78, 5) is 6.29.